The molecule has 4 nitrogen and oxygen atoms in total. The number of oxime groups is 1. The second-order valence-electron chi connectivity index (χ2n) is 4.41. The van der Waals surface area contributed by atoms with Crippen molar-refractivity contribution in [2.75, 3.05) is 0 Å². The van der Waals surface area contributed by atoms with Crippen LogP contribution in [0.1, 0.15) is 16.7 Å². The SMILES string of the molecule is N/C(=N/O)c1cc(F)ccc1COCc1cccc(Br)c1. The lowest BCUT2D eigenvalue weighted by Crippen LogP contribution is -2.16. The fraction of sp³-hybridized carbons (Fsp3) is 0.133. The zero-order chi connectivity index (χ0) is 15.2. The topological polar surface area (TPSA) is 67.8 Å². The molecule has 21 heavy (non-hydrogen) atoms. The summed E-state index contributed by atoms with van der Waals surface area (Å²) in [7, 11) is 0. The minimum Gasteiger partial charge on any atom is -0.409 e. The molecule has 110 valence electrons. The van der Waals surface area contributed by atoms with E-state index in [0.717, 1.165) is 10.0 Å². The van der Waals surface area contributed by atoms with Crippen molar-refractivity contribution in [3.8, 4) is 0 Å². The average molecular weight is 353 g/mol. The molecule has 0 aromatic heterocycles. The van der Waals surface area contributed by atoms with Gasteiger partial charge in [-0.2, -0.15) is 0 Å². The summed E-state index contributed by atoms with van der Waals surface area (Å²) in [5.41, 5.74) is 7.53. The van der Waals surface area contributed by atoms with Crippen LogP contribution in [0.5, 0.6) is 0 Å². The van der Waals surface area contributed by atoms with E-state index in [-0.39, 0.29) is 12.4 Å². The van der Waals surface area contributed by atoms with Gasteiger partial charge >= 0.3 is 0 Å². The second kappa shape index (κ2) is 7.19. The van der Waals surface area contributed by atoms with Gasteiger partial charge in [0.1, 0.15) is 5.82 Å². The van der Waals surface area contributed by atoms with E-state index in [1.165, 1.54) is 12.1 Å². The summed E-state index contributed by atoms with van der Waals surface area (Å²) in [6, 6.07) is 11.8. The molecule has 2 aromatic rings. The first-order valence-corrected chi connectivity index (χ1v) is 6.98. The number of halogens is 2. The summed E-state index contributed by atoms with van der Waals surface area (Å²) < 4.78 is 19.8. The van der Waals surface area contributed by atoms with E-state index in [0.29, 0.717) is 17.7 Å². The third-order valence-electron chi connectivity index (χ3n) is 2.87. The minimum absolute atomic E-state index is 0.143. The van der Waals surface area contributed by atoms with Crippen LogP contribution in [0.25, 0.3) is 0 Å². The predicted octanol–water partition coefficient (Wildman–Crippen LogP) is 3.40. The number of nitrogens with two attached hydrogens (primary N) is 1. The predicted molar refractivity (Wildman–Crippen MR) is 81.5 cm³/mol. The van der Waals surface area contributed by atoms with E-state index in [1.807, 2.05) is 24.3 Å². The summed E-state index contributed by atoms with van der Waals surface area (Å²) in [5.74, 6) is -0.595. The molecule has 2 rings (SSSR count). The molecule has 0 saturated carbocycles. The fourth-order valence-electron chi connectivity index (χ4n) is 1.87. The van der Waals surface area contributed by atoms with Gasteiger partial charge in [0.2, 0.25) is 0 Å². The van der Waals surface area contributed by atoms with E-state index in [9.17, 15) is 4.39 Å². The number of benzene rings is 2. The van der Waals surface area contributed by atoms with Gasteiger partial charge in [-0.05, 0) is 35.4 Å². The second-order valence-corrected chi connectivity index (χ2v) is 5.33. The largest absolute Gasteiger partial charge is 0.409 e. The molecule has 0 radical (unpaired) electrons. The molecule has 0 atom stereocenters. The summed E-state index contributed by atoms with van der Waals surface area (Å²) in [6.07, 6.45) is 0. The lowest BCUT2D eigenvalue weighted by atomic mass is 10.1. The van der Waals surface area contributed by atoms with Crippen molar-refractivity contribution in [2.24, 2.45) is 10.9 Å². The van der Waals surface area contributed by atoms with Gasteiger partial charge in [0.25, 0.3) is 0 Å². The van der Waals surface area contributed by atoms with Gasteiger partial charge in [-0.1, -0.05) is 39.3 Å². The molecule has 0 aliphatic carbocycles. The number of nitrogens with zero attached hydrogens (tertiary/aromatic N) is 1. The van der Waals surface area contributed by atoms with E-state index in [2.05, 4.69) is 21.1 Å². The van der Waals surface area contributed by atoms with Crippen molar-refractivity contribution in [2.45, 2.75) is 13.2 Å². The van der Waals surface area contributed by atoms with Crippen molar-refractivity contribution in [1.82, 2.24) is 0 Å². The highest BCUT2D eigenvalue weighted by Crippen LogP contribution is 2.15. The number of hydrogen-bond donors (Lipinski definition) is 2. The first kappa shape index (κ1) is 15.5. The Morgan fingerprint density at radius 1 is 1.24 bits per heavy atom. The molecule has 0 aliphatic heterocycles. The van der Waals surface area contributed by atoms with Gasteiger partial charge in [-0.25, -0.2) is 4.39 Å². The number of amidine groups is 1. The number of hydrogen-bond acceptors (Lipinski definition) is 3. The Bertz CT molecular complexity index is 662. The molecule has 0 spiro atoms. The van der Waals surface area contributed by atoms with Gasteiger partial charge < -0.3 is 15.7 Å². The van der Waals surface area contributed by atoms with Gasteiger partial charge in [-0.15, -0.1) is 0 Å². The van der Waals surface area contributed by atoms with E-state index in [1.54, 1.807) is 6.07 Å². The van der Waals surface area contributed by atoms with Crippen molar-refractivity contribution in [3.63, 3.8) is 0 Å². The van der Waals surface area contributed by atoms with Crippen molar-refractivity contribution in [3.05, 3.63) is 69.4 Å². The first-order chi connectivity index (χ1) is 10.1. The minimum atomic E-state index is -0.452. The van der Waals surface area contributed by atoms with Gasteiger partial charge in [0, 0.05) is 10.0 Å². The van der Waals surface area contributed by atoms with Crippen LogP contribution in [-0.2, 0) is 18.0 Å². The standard InChI is InChI=1S/C15H14BrFN2O2/c16-12-3-1-2-10(6-12)8-21-9-11-4-5-13(17)7-14(11)15(18)19-20/h1-7,20H,8-9H2,(H2,18,19). The van der Waals surface area contributed by atoms with Crippen molar-refractivity contribution in [1.29, 1.82) is 0 Å². The lowest BCUT2D eigenvalue weighted by Gasteiger charge is -2.09. The molecular weight excluding hydrogens is 339 g/mol. The average Bonchev–Trinajstić information content (AvgIpc) is 2.48. The first-order valence-electron chi connectivity index (χ1n) is 6.18. The van der Waals surface area contributed by atoms with Gasteiger partial charge in [0.15, 0.2) is 5.84 Å². The normalized spacial score (nSPS) is 11.6. The third-order valence-corrected chi connectivity index (χ3v) is 3.36. The molecule has 0 unspecified atom stereocenters. The maximum Gasteiger partial charge on any atom is 0.170 e. The molecule has 0 fully saturated rings. The summed E-state index contributed by atoms with van der Waals surface area (Å²) in [4.78, 5) is 0. The maximum absolute atomic E-state index is 13.2. The van der Waals surface area contributed by atoms with Crippen molar-refractivity contribution < 1.29 is 14.3 Å². The zero-order valence-electron chi connectivity index (χ0n) is 11.1. The van der Waals surface area contributed by atoms with E-state index >= 15 is 0 Å². The number of rotatable bonds is 5. The Morgan fingerprint density at radius 2 is 2.05 bits per heavy atom. The molecule has 2 aromatic carbocycles. The third kappa shape index (κ3) is 4.27. The van der Waals surface area contributed by atoms with Crippen molar-refractivity contribution >= 4 is 21.8 Å². The highest BCUT2D eigenvalue weighted by atomic mass is 79.9. The molecule has 0 saturated heterocycles. The van der Waals surface area contributed by atoms with Crippen LogP contribution in [0.3, 0.4) is 0 Å². The van der Waals surface area contributed by atoms with Gasteiger partial charge in [-0.3, -0.25) is 0 Å². The Labute approximate surface area is 130 Å². The molecule has 0 aliphatic rings. The highest BCUT2D eigenvalue weighted by Gasteiger charge is 2.09. The molecule has 0 amide bonds. The Morgan fingerprint density at radius 3 is 2.76 bits per heavy atom. The van der Waals surface area contributed by atoms with Crippen LogP contribution in [0, 0.1) is 5.82 Å². The molecule has 0 bridgehead atoms. The van der Waals surface area contributed by atoms with E-state index < -0.39 is 5.82 Å². The zero-order valence-corrected chi connectivity index (χ0v) is 12.7. The van der Waals surface area contributed by atoms with Crippen LogP contribution in [0.2, 0.25) is 0 Å². The van der Waals surface area contributed by atoms with Crippen LogP contribution < -0.4 is 5.73 Å². The maximum atomic E-state index is 13.2. The summed E-state index contributed by atoms with van der Waals surface area (Å²) in [5, 5.41) is 11.6. The summed E-state index contributed by atoms with van der Waals surface area (Å²) in [6.45, 7) is 0.644. The Kier molecular flexibility index (Phi) is 5.30. The molecule has 3 N–H and O–H groups in total. The smallest absolute Gasteiger partial charge is 0.170 e. The molecular formula is C15H14BrFN2O2. The van der Waals surface area contributed by atoms with E-state index in [4.69, 9.17) is 15.7 Å². The quantitative estimate of drug-likeness (QED) is 0.375. The Hall–Kier alpha value is -1.92. The highest BCUT2D eigenvalue weighted by molar-refractivity contribution is 9.10. The summed E-state index contributed by atoms with van der Waals surface area (Å²) >= 11 is 3.39. The monoisotopic (exact) mass is 352 g/mol. The molecule has 6 heteroatoms. The lowest BCUT2D eigenvalue weighted by molar-refractivity contribution is 0.107. The van der Waals surface area contributed by atoms with Crippen LogP contribution in [-0.4, -0.2) is 11.0 Å². The number of ether oxygens (including phenoxy) is 1. The van der Waals surface area contributed by atoms with Crippen LogP contribution in [0.15, 0.2) is 52.1 Å². The fourth-order valence-corrected chi connectivity index (χ4v) is 2.32. The Balaban J connectivity index is 2.06. The molecule has 0 heterocycles. The van der Waals surface area contributed by atoms with Gasteiger partial charge in [0.05, 0.1) is 13.2 Å². The van der Waals surface area contributed by atoms with Crippen LogP contribution in [0.4, 0.5) is 4.39 Å². The van der Waals surface area contributed by atoms with Crippen LogP contribution >= 0.6 is 15.9 Å².